The zero-order valence-corrected chi connectivity index (χ0v) is 9.58. The Morgan fingerprint density at radius 3 is 2.56 bits per heavy atom. The van der Waals surface area contributed by atoms with Crippen LogP contribution in [0.3, 0.4) is 0 Å². The van der Waals surface area contributed by atoms with Crippen LogP contribution < -0.4 is 0 Å². The van der Waals surface area contributed by atoms with Crippen molar-refractivity contribution in [3.05, 3.63) is 52.7 Å². The topological polar surface area (TPSA) is 50.2 Å². The number of pyridine rings is 1. The number of carboxylic acid groups (broad SMARTS) is 1. The molecule has 1 heterocycles. The van der Waals surface area contributed by atoms with Gasteiger partial charge in [-0.25, -0.2) is 13.6 Å². The molecule has 0 aliphatic rings. The third kappa shape index (κ3) is 2.31. The Labute approximate surface area is 106 Å². The molecule has 0 atom stereocenters. The molecule has 2 rings (SSSR count). The number of carboxylic acids is 1. The molecule has 0 saturated carbocycles. The van der Waals surface area contributed by atoms with Crippen LogP contribution in [0.2, 0.25) is 5.02 Å². The van der Waals surface area contributed by atoms with Crippen LogP contribution in [0.25, 0.3) is 11.3 Å². The maximum atomic E-state index is 13.7. The molecule has 0 fully saturated rings. The molecule has 0 spiro atoms. The molecular weight excluding hydrogens is 264 g/mol. The number of rotatable bonds is 2. The first-order valence-electron chi connectivity index (χ1n) is 4.83. The van der Waals surface area contributed by atoms with E-state index in [0.29, 0.717) is 0 Å². The summed E-state index contributed by atoms with van der Waals surface area (Å²) in [6, 6.07) is 4.33. The van der Waals surface area contributed by atoms with Gasteiger partial charge in [-0.15, -0.1) is 0 Å². The van der Waals surface area contributed by atoms with Crippen LogP contribution in [0.5, 0.6) is 0 Å². The Morgan fingerprint density at radius 1 is 1.28 bits per heavy atom. The van der Waals surface area contributed by atoms with E-state index in [-0.39, 0.29) is 21.8 Å². The predicted molar refractivity (Wildman–Crippen MR) is 61.6 cm³/mol. The molecule has 92 valence electrons. The SMILES string of the molecule is O=C(O)c1cc(-c2ccc(F)cn2)c(F)cc1Cl. The molecule has 0 saturated heterocycles. The smallest absolute Gasteiger partial charge is 0.337 e. The molecule has 0 aliphatic carbocycles. The van der Waals surface area contributed by atoms with Crippen molar-refractivity contribution in [3.8, 4) is 11.3 Å². The van der Waals surface area contributed by atoms with Crippen LogP contribution >= 0.6 is 11.6 Å². The minimum atomic E-state index is -1.27. The molecule has 6 heteroatoms. The minimum absolute atomic E-state index is 0.0446. The van der Waals surface area contributed by atoms with Gasteiger partial charge in [-0.05, 0) is 24.3 Å². The highest BCUT2D eigenvalue weighted by molar-refractivity contribution is 6.33. The number of aromatic nitrogens is 1. The number of carbonyl (C=O) groups is 1. The van der Waals surface area contributed by atoms with Gasteiger partial charge < -0.3 is 5.11 Å². The molecule has 0 unspecified atom stereocenters. The summed E-state index contributed by atoms with van der Waals surface area (Å²) in [5.41, 5.74) is -0.149. The average molecular weight is 270 g/mol. The van der Waals surface area contributed by atoms with E-state index in [9.17, 15) is 13.6 Å². The third-order valence-corrected chi connectivity index (χ3v) is 2.60. The van der Waals surface area contributed by atoms with Crippen molar-refractivity contribution in [1.82, 2.24) is 4.98 Å². The molecule has 18 heavy (non-hydrogen) atoms. The summed E-state index contributed by atoms with van der Waals surface area (Å²) in [5, 5.41) is 8.68. The molecule has 2 aromatic rings. The normalized spacial score (nSPS) is 10.4. The highest BCUT2D eigenvalue weighted by atomic mass is 35.5. The number of aromatic carboxylic acids is 1. The van der Waals surface area contributed by atoms with E-state index in [2.05, 4.69) is 4.98 Å². The Balaban J connectivity index is 2.60. The van der Waals surface area contributed by atoms with Crippen molar-refractivity contribution in [2.45, 2.75) is 0 Å². The highest BCUT2D eigenvalue weighted by Gasteiger charge is 2.15. The lowest BCUT2D eigenvalue weighted by atomic mass is 10.1. The largest absolute Gasteiger partial charge is 0.478 e. The Kier molecular flexibility index (Phi) is 3.25. The summed E-state index contributed by atoms with van der Waals surface area (Å²) in [6.07, 6.45) is 0.920. The summed E-state index contributed by atoms with van der Waals surface area (Å²) < 4.78 is 26.4. The van der Waals surface area contributed by atoms with Crippen molar-refractivity contribution >= 4 is 17.6 Å². The number of benzene rings is 1. The van der Waals surface area contributed by atoms with E-state index < -0.39 is 17.6 Å². The Bertz CT molecular complexity index is 614. The fourth-order valence-corrected chi connectivity index (χ4v) is 1.68. The molecule has 1 N–H and O–H groups in total. The van der Waals surface area contributed by atoms with E-state index in [1.165, 1.54) is 6.07 Å². The first-order valence-corrected chi connectivity index (χ1v) is 5.21. The van der Waals surface area contributed by atoms with Gasteiger partial charge in [-0.2, -0.15) is 0 Å². The molecular formula is C12H6ClF2NO2. The van der Waals surface area contributed by atoms with Crippen molar-refractivity contribution in [3.63, 3.8) is 0 Å². The third-order valence-electron chi connectivity index (χ3n) is 2.29. The quantitative estimate of drug-likeness (QED) is 0.909. The molecule has 1 aromatic heterocycles. The van der Waals surface area contributed by atoms with Gasteiger partial charge in [0.2, 0.25) is 0 Å². The van der Waals surface area contributed by atoms with Crippen molar-refractivity contribution < 1.29 is 18.7 Å². The standard InChI is InChI=1S/C12H6ClF2NO2/c13-9-4-10(15)8(3-7(9)12(17)18)11-2-1-6(14)5-16-11/h1-5H,(H,17,18). The lowest BCUT2D eigenvalue weighted by Gasteiger charge is -2.06. The van der Waals surface area contributed by atoms with Gasteiger partial charge in [-0.3, -0.25) is 4.98 Å². The first-order chi connectivity index (χ1) is 8.49. The van der Waals surface area contributed by atoms with Crippen molar-refractivity contribution in [2.24, 2.45) is 0 Å². The number of hydrogen-bond acceptors (Lipinski definition) is 2. The summed E-state index contributed by atoms with van der Waals surface area (Å²) in [5.74, 6) is -2.56. The van der Waals surface area contributed by atoms with Gasteiger partial charge >= 0.3 is 5.97 Å². The van der Waals surface area contributed by atoms with Crippen LogP contribution in [0.15, 0.2) is 30.5 Å². The number of hydrogen-bond donors (Lipinski definition) is 1. The van der Waals surface area contributed by atoms with Crippen LogP contribution in [0, 0.1) is 11.6 Å². The molecule has 0 radical (unpaired) electrons. The Hall–Kier alpha value is -2.01. The maximum absolute atomic E-state index is 13.7. The van der Waals surface area contributed by atoms with Gasteiger partial charge in [0.25, 0.3) is 0 Å². The second kappa shape index (κ2) is 4.70. The second-order valence-electron chi connectivity index (χ2n) is 3.48. The average Bonchev–Trinajstić information content (AvgIpc) is 2.30. The lowest BCUT2D eigenvalue weighted by molar-refractivity contribution is 0.0697. The summed E-state index contributed by atoms with van der Waals surface area (Å²) >= 11 is 5.61. The Morgan fingerprint density at radius 2 is 2.00 bits per heavy atom. The van der Waals surface area contributed by atoms with E-state index in [1.54, 1.807) is 0 Å². The van der Waals surface area contributed by atoms with Crippen molar-refractivity contribution in [1.29, 1.82) is 0 Å². The molecule has 0 amide bonds. The number of nitrogens with zero attached hydrogens (tertiary/aromatic N) is 1. The lowest BCUT2D eigenvalue weighted by Crippen LogP contribution is -2.00. The van der Waals surface area contributed by atoms with Gasteiger partial charge in [0.15, 0.2) is 0 Å². The molecule has 3 nitrogen and oxygen atoms in total. The summed E-state index contributed by atoms with van der Waals surface area (Å²) in [6.45, 7) is 0. The molecule has 0 aliphatic heterocycles. The first kappa shape index (κ1) is 12.4. The monoisotopic (exact) mass is 269 g/mol. The van der Waals surface area contributed by atoms with Crippen molar-refractivity contribution in [2.75, 3.05) is 0 Å². The van der Waals surface area contributed by atoms with Crippen LogP contribution in [-0.2, 0) is 0 Å². The highest BCUT2D eigenvalue weighted by Crippen LogP contribution is 2.27. The van der Waals surface area contributed by atoms with Crippen LogP contribution in [0.4, 0.5) is 8.78 Å². The zero-order valence-electron chi connectivity index (χ0n) is 8.82. The maximum Gasteiger partial charge on any atom is 0.337 e. The van der Waals surface area contributed by atoms with Gasteiger partial charge in [-0.1, -0.05) is 11.6 Å². The summed E-state index contributed by atoms with van der Waals surface area (Å²) in [7, 11) is 0. The van der Waals surface area contributed by atoms with Gasteiger partial charge in [0.05, 0.1) is 22.5 Å². The van der Waals surface area contributed by atoms with Gasteiger partial charge in [0, 0.05) is 5.56 Å². The van der Waals surface area contributed by atoms with Gasteiger partial charge in [0.1, 0.15) is 11.6 Å². The molecule has 1 aromatic carbocycles. The van der Waals surface area contributed by atoms with E-state index in [1.807, 2.05) is 0 Å². The van der Waals surface area contributed by atoms with Crippen LogP contribution in [-0.4, -0.2) is 16.1 Å². The zero-order chi connectivity index (χ0) is 13.3. The molecule has 0 bridgehead atoms. The number of halogens is 3. The summed E-state index contributed by atoms with van der Waals surface area (Å²) in [4.78, 5) is 14.6. The second-order valence-corrected chi connectivity index (χ2v) is 3.89. The van der Waals surface area contributed by atoms with E-state index >= 15 is 0 Å². The van der Waals surface area contributed by atoms with E-state index in [4.69, 9.17) is 16.7 Å². The predicted octanol–water partition coefficient (Wildman–Crippen LogP) is 3.38. The fourth-order valence-electron chi connectivity index (χ4n) is 1.44. The van der Waals surface area contributed by atoms with E-state index in [0.717, 1.165) is 24.4 Å². The fraction of sp³-hybridized carbons (Fsp3) is 0. The minimum Gasteiger partial charge on any atom is -0.478 e. The van der Waals surface area contributed by atoms with Crippen LogP contribution in [0.1, 0.15) is 10.4 Å².